The summed E-state index contributed by atoms with van der Waals surface area (Å²) in [6.07, 6.45) is 3.93. The summed E-state index contributed by atoms with van der Waals surface area (Å²) in [5.74, 6) is 0.610. The van der Waals surface area contributed by atoms with Gasteiger partial charge in [-0.2, -0.15) is 10.2 Å². The van der Waals surface area contributed by atoms with Crippen LogP contribution in [0.3, 0.4) is 0 Å². The standard InChI is InChI=1S/C14H23N5/c1-11(2)9-19-14(5-6-16-19)8-15-7-13-10-18(4)17-12(13)3/h5-6,10-11,15H,7-9H2,1-4H3. The fraction of sp³-hybridized carbons (Fsp3) is 0.571. The van der Waals surface area contributed by atoms with E-state index in [-0.39, 0.29) is 0 Å². The van der Waals surface area contributed by atoms with Crippen LogP contribution in [0, 0.1) is 12.8 Å². The van der Waals surface area contributed by atoms with Crippen LogP contribution in [0.5, 0.6) is 0 Å². The first-order chi connectivity index (χ1) is 9.06. The van der Waals surface area contributed by atoms with Crippen molar-refractivity contribution >= 4 is 0 Å². The topological polar surface area (TPSA) is 47.7 Å². The van der Waals surface area contributed by atoms with Crippen LogP contribution in [0.15, 0.2) is 18.5 Å². The molecule has 0 bridgehead atoms. The fourth-order valence-electron chi connectivity index (χ4n) is 2.17. The lowest BCUT2D eigenvalue weighted by atomic mass is 10.2. The third-order valence-corrected chi connectivity index (χ3v) is 3.08. The minimum absolute atomic E-state index is 0.610. The number of hydrogen-bond acceptors (Lipinski definition) is 3. The Hall–Kier alpha value is -1.62. The van der Waals surface area contributed by atoms with Gasteiger partial charge in [0.1, 0.15) is 0 Å². The van der Waals surface area contributed by atoms with Gasteiger partial charge in [-0.3, -0.25) is 9.36 Å². The van der Waals surface area contributed by atoms with Gasteiger partial charge in [-0.05, 0) is 18.9 Å². The maximum atomic E-state index is 4.36. The highest BCUT2D eigenvalue weighted by atomic mass is 15.3. The zero-order chi connectivity index (χ0) is 13.8. The molecule has 0 amide bonds. The molecule has 2 aromatic rings. The fourth-order valence-corrected chi connectivity index (χ4v) is 2.17. The van der Waals surface area contributed by atoms with Crippen LogP contribution in [-0.4, -0.2) is 19.6 Å². The first-order valence-electron chi connectivity index (χ1n) is 6.76. The molecule has 0 fully saturated rings. The molecule has 0 aromatic carbocycles. The molecule has 19 heavy (non-hydrogen) atoms. The Bertz CT molecular complexity index is 524. The van der Waals surface area contributed by atoms with Crippen molar-refractivity contribution in [1.82, 2.24) is 24.9 Å². The molecular formula is C14H23N5. The number of aryl methyl sites for hydroxylation is 2. The Labute approximate surface area is 114 Å². The quantitative estimate of drug-likeness (QED) is 0.863. The van der Waals surface area contributed by atoms with Crippen molar-refractivity contribution in [3.05, 3.63) is 35.4 Å². The lowest BCUT2D eigenvalue weighted by Crippen LogP contribution is -2.18. The molecule has 1 N–H and O–H groups in total. The third-order valence-electron chi connectivity index (χ3n) is 3.08. The molecule has 104 valence electrons. The van der Waals surface area contributed by atoms with Crippen molar-refractivity contribution in [3.63, 3.8) is 0 Å². The van der Waals surface area contributed by atoms with Gasteiger partial charge in [0, 0.05) is 44.6 Å². The lowest BCUT2D eigenvalue weighted by Gasteiger charge is -2.10. The maximum Gasteiger partial charge on any atom is 0.0638 e. The van der Waals surface area contributed by atoms with Crippen molar-refractivity contribution < 1.29 is 0 Å². The molecule has 0 atom stereocenters. The molecule has 0 aliphatic heterocycles. The predicted molar refractivity (Wildman–Crippen MR) is 75.6 cm³/mol. The summed E-state index contributed by atoms with van der Waals surface area (Å²) in [4.78, 5) is 0. The summed E-state index contributed by atoms with van der Waals surface area (Å²) < 4.78 is 3.93. The van der Waals surface area contributed by atoms with Gasteiger partial charge in [0.25, 0.3) is 0 Å². The Morgan fingerprint density at radius 3 is 2.74 bits per heavy atom. The van der Waals surface area contributed by atoms with Crippen LogP contribution >= 0.6 is 0 Å². The summed E-state index contributed by atoms with van der Waals surface area (Å²) >= 11 is 0. The van der Waals surface area contributed by atoms with Crippen molar-refractivity contribution in [3.8, 4) is 0 Å². The van der Waals surface area contributed by atoms with Crippen molar-refractivity contribution in [2.75, 3.05) is 0 Å². The van der Waals surface area contributed by atoms with Gasteiger partial charge in [-0.1, -0.05) is 13.8 Å². The van der Waals surface area contributed by atoms with Gasteiger partial charge in [0.05, 0.1) is 11.4 Å². The van der Waals surface area contributed by atoms with E-state index >= 15 is 0 Å². The second-order valence-electron chi connectivity index (χ2n) is 5.42. The van der Waals surface area contributed by atoms with E-state index in [0.29, 0.717) is 5.92 Å². The highest BCUT2D eigenvalue weighted by molar-refractivity contribution is 5.15. The molecule has 0 saturated carbocycles. The maximum absolute atomic E-state index is 4.36. The van der Waals surface area contributed by atoms with E-state index in [1.54, 1.807) is 0 Å². The SMILES string of the molecule is Cc1nn(C)cc1CNCc1ccnn1CC(C)C. The molecular weight excluding hydrogens is 238 g/mol. The van der Waals surface area contributed by atoms with Gasteiger partial charge in [-0.15, -0.1) is 0 Å². The normalized spacial score (nSPS) is 11.4. The smallest absolute Gasteiger partial charge is 0.0638 e. The first kappa shape index (κ1) is 13.8. The van der Waals surface area contributed by atoms with E-state index in [0.717, 1.165) is 25.3 Å². The van der Waals surface area contributed by atoms with Gasteiger partial charge >= 0.3 is 0 Å². The number of nitrogens with one attached hydrogen (secondary N) is 1. The van der Waals surface area contributed by atoms with Crippen LogP contribution in [0.4, 0.5) is 0 Å². The Kier molecular flexibility index (Phi) is 4.37. The van der Waals surface area contributed by atoms with Crippen LogP contribution in [-0.2, 0) is 26.7 Å². The number of aromatic nitrogens is 4. The Balaban J connectivity index is 1.89. The molecule has 2 rings (SSSR count). The summed E-state index contributed by atoms with van der Waals surface area (Å²) in [5.41, 5.74) is 3.57. The van der Waals surface area contributed by atoms with E-state index in [4.69, 9.17) is 0 Å². The van der Waals surface area contributed by atoms with Gasteiger partial charge < -0.3 is 5.32 Å². The molecule has 0 aliphatic rings. The van der Waals surface area contributed by atoms with Crippen molar-refractivity contribution in [2.45, 2.75) is 40.4 Å². The summed E-state index contributed by atoms with van der Waals surface area (Å²) in [6.45, 7) is 9.10. The summed E-state index contributed by atoms with van der Waals surface area (Å²) in [7, 11) is 1.95. The summed E-state index contributed by atoms with van der Waals surface area (Å²) in [5, 5.41) is 12.2. The predicted octanol–water partition coefficient (Wildman–Crippen LogP) is 1.87. The molecule has 2 aromatic heterocycles. The summed E-state index contributed by atoms with van der Waals surface area (Å²) in [6, 6.07) is 2.07. The van der Waals surface area contributed by atoms with Crippen molar-refractivity contribution in [2.24, 2.45) is 13.0 Å². The average Bonchev–Trinajstić information content (AvgIpc) is 2.86. The van der Waals surface area contributed by atoms with Gasteiger partial charge in [-0.25, -0.2) is 0 Å². The van der Waals surface area contributed by atoms with Crippen LogP contribution in [0.25, 0.3) is 0 Å². The third kappa shape index (κ3) is 3.67. The lowest BCUT2D eigenvalue weighted by molar-refractivity contribution is 0.461. The number of hydrogen-bond donors (Lipinski definition) is 1. The molecule has 0 spiro atoms. The molecule has 5 heteroatoms. The van der Waals surface area contributed by atoms with E-state index in [9.17, 15) is 0 Å². The highest BCUT2D eigenvalue weighted by Gasteiger charge is 2.06. The molecule has 5 nitrogen and oxygen atoms in total. The zero-order valence-electron chi connectivity index (χ0n) is 12.2. The second-order valence-corrected chi connectivity index (χ2v) is 5.42. The monoisotopic (exact) mass is 261 g/mol. The minimum atomic E-state index is 0.610. The van der Waals surface area contributed by atoms with E-state index in [2.05, 4.69) is 46.3 Å². The average molecular weight is 261 g/mol. The largest absolute Gasteiger partial charge is 0.307 e. The van der Waals surface area contributed by atoms with Crippen LogP contribution < -0.4 is 5.32 Å². The zero-order valence-corrected chi connectivity index (χ0v) is 12.2. The molecule has 0 saturated heterocycles. The molecule has 0 radical (unpaired) electrons. The first-order valence-corrected chi connectivity index (χ1v) is 6.76. The molecule has 0 aliphatic carbocycles. The second kappa shape index (κ2) is 6.02. The van der Waals surface area contributed by atoms with Crippen molar-refractivity contribution in [1.29, 1.82) is 0 Å². The van der Waals surface area contributed by atoms with E-state index < -0.39 is 0 Å². The molecule has 2 heterocycles. The van der Waals surface area contributed by atoms with Crippen LogP contribution in [0.1, 0.15) is 30.8 Å². The molecule has 0 unspecified atom stereocenters. The van der Waals surface area contributed by atoms with E-state index in [1.165, 1.54) is 11.3 Å². The number of nitrogens with zero attached hydrogens (tertiary/aromatic N) is 4. The minimum Gasteiger partial charge on any atom is -0.307 e. The Morgan fingerprint density at radius 1 is 1.32 bits per heavy atom. The van der Waals surface area contributed by atoms with Gasteiger partial charge in [0.15, 0.2) is 0 Å². The number of rotatable bonds is 6. The highest BCUT2D eigenvalue weighted by Crippen LogP contribution is 2.06. The van der Waals surface area contributed by atoms with Crippen LogP contribution in [0.2, 0.25) is 0 Å². The van der Waals surface area contributed by atoms with E-state index in [1.807, 2.05) is 24.9 Å². The Morgan fingerprint density at radius 2 is 2.11 bits per heavy atom. The van der Waals surface area contributed by atoms with Gasteiger partial charge in [0.2, 0.25) is 0 Å².